The summed E-state index contributed by atoms with van der Waals surface area (Å²) in [6.07, 6.45) is 1.03. The number of nitriles is 1. The molecule has 0 N–H and O–H groups in total. The number of hydrogen-bond donors (Lipinski definition) is 0. The number of rotatable bonds is 6. The number of ether oxygens (including phenoxy) is 1. The number of thiocyanates is 1. The fraction of sp³-hybridized carbons (Fsp3) is 0.462. The average molecular weight is 235 g/mol. The average Bonchev–Trinajstić information content (AvgIpc) is 2.30. The second-order valence-corrected chi connectivity index (χ2v) is 4.51. The molecule has 86 valence electrons. The van der Waals surface area contributed by atoms with Gasteiger partial charge in [-0.3, -0.25) is 0 Å². The molecule has 2 nitrogen and oxygen atoms in total. The van der Waals surface area contributed by atoms with E-state index in [-0.39, 0.29) is 0 Å². The van der Waals surface area contributed by atoms with Gasteiger partial charge in [-0.1, -0.05) is 19.1 Å². The lowest BCUT2D eigenvalue weighted by molar-refractivity contribution is 0.340. The van der Waals surface area contributed by atoms with Crippen molar-refractivity contribution in [1.82, 2.24) is 0 Å². The van der Waals surface area contributed by atoms with Crippen LogP contribution in [0.25, 0.3) is 0 Å². The van der Waals surface area contributed by atoms with Gasteiger partial charge in [-0.05, 0) is 48.7 Å². The van der Waals surface area contributed by atoms with E-state index in [1.165, 1.54) is 17.3 Å². The van der Waals surface area contributed by atoms with Crippen LogP contribution in [0, 0.1) is 10.7 Å². The lowest BCUT2D eigenvalue weighted by Crippen LogP contribution is -1.96. The van der Waals surface area contributed by atoms with Crippen molar-refractivity contribution in [3.8, 4) is 11.2 Å². The third-order valence-electron chi connectivity index (χ3n) is 2.48. The van der Waals surface area contributed by atoms with E-state index in [1.807, 2.05) is 19.1 Å². The van der Waals surface area contributed by atoms with Crippen molar-refractivity contribution in [2.24, 2.45) is 0 Å². The van der Waals surface area contributed by atoms with Gasteiger partial charge in [0.25, 0.3) is 0 Å². The van der Waals surface area contributed by atoms with Gasteiger partial charge in [0.15, 0.2) is 0 Å². The van der Waals surface area contributed by atoms with Gasteiger partial charge < -0.3 is 4.74 Å². The first-order valence-electron chi connectivity index (χ1n) is 5.51. The molecule has 1 aromatic carbocycles. The van der Waals surface area contributed by atoms with Gasteiger partial charge in [0, 0.05) is 5.75 Å². The molecule has 0 aromatic heterocycles. The first-order chi connectivity index (χ1) is 7.77. The van der Waals surface area contributed by atoms with Crippen LogP contribution in [0.5, 0.6) is 5.75 Å². The number of thioether (sulfide) groups is 1. The third kappa shape index (κ3) is 4.16. The fourth-order valence-electron chi connectivity index (χ4n) is 1.51. The maximum atomic E-state index is 8.44. The minimum absolute atomic E-state index is 0.497. The molecule has 0 radical (unpaired) electrons. The van der Waals surface area contributed by atoms with Crippen molar-refractivity contribution in [2.75, 3.05) is 12.4 Å². The van der Waals surface area contributed by atoms with Gasteiger partial charge >= 0.3 is 0 Å². The van der Waals surface area contributed by atoms with Crippen molar-refractivity contribution < 1.29 is 4.74 Å². The second-order valence-electron chi connectivity index (χ2n) is 3.63. The zero-order valence-corrected chi connectivity index (χ0v) is 10.6. The molecule has 0 spiro atoms. The molecular formula is C13H17NOS. The monoisotopic (exact) mass is 235 g/mol. The maximum absolute atomic E-state index is 8.44. The van der Waals surface area contributed by atoms with Gasteiger partial charge in [-0.15, -0.1) is 0 Å². The van der Waals surface area contributed by atoms with Gasteiger partial charge in [0.05, 0.1) is 6.61 Å². The van der Waals surface area contributed by atoms with Crippen molar-refractivity contribution in [1.29, 1.82) is 5.26 Å². The molecule has 1 unspecified atom stereocenters. The van der Waals surface area contributed by atoms with Gasteiger partial charge in [0.1, 0.15) is 11.2 Å². The van der Waals surface area contributed by atoms with E-state index in [4.69, 9.17) is 10.00 Å². The molecule has 0 saturated carbocycles. The molecule has 0 amide bonds. The Morgan fingerprint density at radius 2 is 2.06 bits per heavy atom. The summed E-state index contributed by atoms with van der Waals surface area (Å²) in [5, 5.41) is 10.5. The fourth-order valence-corrected chi connectivity index (χ4v) is 2.07. The lowest BCUT2D eigenvalue weighted by Gasteiger charge is -2.11. The minimum Gasteiger partial charge on any atom is -0.494 e. The Hall–Kier alpha value is -1.14. The van der Waals surface area contributed by atoms with Gasteiger partial charge in [-0.25, -0.2) is 0 Å². The molecule has 0 bridgehead atoms. The van der Waals surface area contributed by atoms with E-state index >= 15 is 0 Å². The quantitative estimate of drug-likeness (QED) is 0.555. The van der Waals surface area contributed by atoms with Crippen LogP contribution in [0.1, 0.15) is 31.7 Å². The smallest absolute Gasteiger partial charge is 0.133 e. The summed E-state index contributed by atoms with van der Waals surface area (Å²) in [7, 11) is 0. The highest BCUT2D eigenvalue weighted by molar-refractivity contribution is 8.03. The Morgan fingerprint density at radius 1 is 1.38 bits per heavy atom. The molecular weight excluding hydrogens is 218 g/mol. The Balaban J connectivity index is 2.49. The molecule has 3 heteroatoms. The van der Waals surface area contributed by atoms with Crippen LogP contribution in [0.2, 0.25) is 0 Å². The normalized spacial score (nSPS) is 11.8. The molecule has 0 saturated heterocycles. The van der Waals surface area contributed by atoms with Crippen LogP contribution in [-0.2, 0) is 0 Å². The Labute approximate surface area is 102 Å². The van der Waals surface area contributed by atoms with E-state index in [0.29, 0.717) is 12.5 Å². The zero-order valence-electron chi connectivity index (χ0n) is 9.77. The highest BCUT2D eigenvalue weighted by Gasteiger charge is 2.05. The number of nitrogens with zero attached hydrogens (tertiary/aromatic N) is 1. The number of hydrogen-bond acceptors (Lipinski definition) is 3. The summed E-state index contributed by atoms with van der Waals surface area (Å²) in [6, 6.07) is 8.22. The Kier molecular flexibility index (Phi) is 5.81. The molecule has 1 rings (SSSR count). The second kappa shape index (κ2) is 7.19. The minimum atomic E-state index is 0.497. The molecule has 0 heterocycles. The summed E-state index contributed by atoms with van der Waals surface area (Å²) >= 11 is 1.32. The molecule has 1 atom stereocenters. The molecule has 0 aliphatic carbocycles. The third-order valence-corrected chi connectivity index (χ3v) is 3.05. The summed E-state index contributed by atoms with van der Waals surface area (Å²) in [4.78, 5) is 0. The lowest BCUT2D eigenvalue weighted by atomic mass is 9.99. The summed E-state index contributed by atoms with van der Waals surface area (Å²) in [6.45, 7) is 4.87. The van der Waals surface area contributed by atoms with E-state index < -0.39 is 0 Å². The number of benzene rings is 1. The van der Waals surface area contributed by atoms with E-state index in [2.05, 4.69) is 24.5 Å². The van der Waals surface area contributed by atoms with Crippen LogP contribution in [-0.4, -0.2) is 12.4 Å². The molecule has 16 heavy (non-hydrogen) atoms. The van der Waals surface area contributed by atoms with E-state index in [1.54, 1.807) is 0 Å². The first kappa shape index (κ1) is 12.9. The molecule has 0 aliphatic heterocycles. The van der Waals surface area contributed by atoms with Gasteiger partial charge in [-0.2, -0.15) is 5.26 Å². The van der Waals surface area contributed by atoms with Crippen molar-refractivity contribution in [2.45, 2.75) is 26.2 Å². The molecule has 0 aliphatic rings. The van der Waals surface area contributed by atoms with Crippen molar-refractivity contribution in [3.63, 3.8) is 0 Å². The van der Waals surface area contributed by atoms with Crippen LogP contribution >= 0.6 is 11.8 Å². The van der Waals surface area contributed by atoms with Crippen molar-refractivity contribution >= 4 is 11.8 Å². The standard InChI is InChI=1S/C13H17NOS/c1-3-15-13-6-4-12(5-7-13)11(2)8-9-16-10-14/h4-7,11H,3,8-9H2,1-2H3. The van der Waals surface area contributed by atoms with E-state index in [0.717, 1.165) is 17.9 Å². The van der Waals surface area contributed by atoms with Crippen LogP contribution in [0.3, 0.4) is 0 Å². The topological polar surface area (TPSA) is 33.0 Å². The largest absolute Gasteiger partial charge is 0.494 e. The van der Waals surface area contributed by atoms with Crippen LogP contribution in [0.4, 0.5) is 0 Å². The van der Waals surface area contributed by atoms with E-state index in [9.17, 15) is 0 Å². The Bertz CT molecular complexity index is 342. The summed E-state index contributed by atoms with van der Waals surface area (Å²) in [5.74, 6) is 2.31. The summed E-state index contributed by atoms with van der Waals surface area (Å²) < 4.78 is 5.39. The SMILES string of the molecule is CCOc1ccc(C(C)CCSC#N)cc1. The first-order valence-corrected chi connectivity index (χ1v) is 6.50. The van der Waals surface area contributed by atoms with Crippen LogP contribution < -0.4 is 4.74 Å². The highest BCUT2D eigenvalue weighted by Crippen LogP contribution is 2.23. The molecule has 1 aromatic rings. The predicted molar refractivity (Wildman–Crippen MR) is 68.7 cm³/mol. The zero-order chi connectivity index (χ0) is 11.8. The predicted octanol–water partition coefficient (Wildman–Crippen LogP) is 3.79. The van der Waals surface area contributed by atoms with Crippen LogP contribution in [0.15, 0.2) is 24.3 Å². The maximum Gasteiger partial charge on any atom is 0.133 e. The highest BCUT2D eigenvalue weighted by atomic mass is 32.2. The van der Waals surface area contributed by atoms with Crippen molar-refractivity contribution in [3.05, 3.63) is 29.8 Å². The molecule has 0 fully saturated rings. The van der Waals surface area contributed by atoms with Gasteiger partial charge in [0.2, 0.25) is 0 Å². The Morgan fingerprint density at radius 3 is 2.62 bits per heavy atom. The summed E-state index contributed by atoms with van der Waals surface area (Å²) in [5.41, 5.74) is 1.31.